The molecule has 5 heteroatoms. The molecule has 2 aromatic carbocycles. The average Bonchev–Trinajstić information content (AvgIpc) is 3.48. The van der Waals surface area contributed by atoms with Crippen LogP contribution in [0.1, 0.15) is 41.9 Å². The summed E-state index contributed by atoms with van der Waals surface area (Å²) in [6, 6.07) is 17.2. The molecule has 0 amide bonds. The highest BCUT2D eigenvalue weighted by Gasteiger charge is 2.38. The number of benzene rings is 2. The molecule has 0 bridgehead atoms. The SMILES string of the molecule is FC(F)(F)c1ccccc1CN1CCC(CNC2CC2c2ccccc2)CC1. The van der Waals surface area contributed by atoms with Gasteiger partial charge in [-0.1, -0.05) is 48.5 Å². The Kier molecular flexibility index (Phi) is 5.74. The first-order chi connectivity index (χ1) is 13.5. The highest BCUT2D eigenvalue weighted by atomic mass is 19.4. The Labute approximate surface area is 164 Å². The summed E-state index contributed by atoms with van der Waals surface area (Å²) in [4.78, 5) is 2.16. The van der Waals surface area contributed by atoms with Crippen molar-refractivity contribution in [3.05, 3.63) is 71.3 Å². The summed E-state index contributed by atoms with van der Waals surface area (Å²) in [5.41, 5.74) is 1.30. The van der Waals surface area contributed by atoms with Crippen molar-refractivity contribution in [2.24, 2.45) is 5.92 Å². The fraction of sp³-hybridized carbons (Fsp3) is 0.478. The summed E-state index contributed by atoms with van der Waals surface area (Å²) in [6.07, 6.45) is -0.983. The number of halogens is 3. The predicted molar refractivity (Wildman–Crippen MR) is 105 cm³/mol. The van der Waals surface area contributed by atoms with Gasteiger partial charge in [0.2, 0.25) is 0 Å². The maximum atomic E-state index is 13.2. The molecule has 2 aromatic rings. The summed E-state index contributed by atoms with van der Waals surface area (Å²) in [7, 11) is 0. The van der Waals surface area contributed by atoms with E-state index in [9.17, 15) is 13.2 Å². The number of likely N-dealkylation sites (tertiary alicyclic amines) is 1. The molecule has 2 atom stereocenters. The van der Waals surface area contributed by atoms with Crippen LogP contribution < -0.4 is 5.32 Å². The summed E-state index contributed by atoms with van der Waals surface area (Å²) in [6.45, 7) is 3.13. The van der Waals surface area contributed by atoms with Gasteiger partial charge in [-0.3, -0.25) is 4.90 Å². The van der Waals surface area contributed by atoms with Gasteiger partial charge in [0.1, 0.15) is 0 Å². The van der Waals surface area contributed by atoms with Gasteiger partial charge >= 0.3 is 6.18 Å². The Morgan fingerprint density at radius 1 is 0.929 bits per heavy atom. The minimum atomic E-state index is -4.28. The molecule has 2 fully saturated rings. The molecule has 0 spiro atoms. The molecular formula is C23H27F3N2. The Hall–Kier alpha value is -1.85. The molecule has 2 nitrogen and oxygen atoms in total. The molecule has 2 unspecified atom stereocenters. The number of alkyl halides is 3. The van der Waals surface area contributed by atoms with Gasteiger partial charge in [0.25, 0.3) is 0 Å². The molecule has 0 aromatic heterocycles. The Morgan fingerprint density at radius 3 is 2.32 bits per heavy atom. The van der Waals surface area contributed by atoms with Crippen molar-refractivity contribution in [2.75, 3.05) is 19.6 Å². The van der Waals surface area contributed by atoms with E-state index in [4.69, 9.17) is 0 Å². The van der Waals surface area contributed by atoms with Gasteiger partial charge in [0.15, 0.2) is 0 Å². The largest absolute Gasteiger partial charge is 0.416 e. The third kappa shape index (κ3) is 4.76. The first kappa shape index (κ1) is 19.5. The lowest BCUT2D eigenvalue weighted by Crippen LogP contribution is -2.37. The van der Waals surface area contributed by atoms with E-state index in [0.717, 1.165) is 32.5 Å². The predicted octanol–water partition coefficient (Wildman–Crippen LogP) is 5.06. The van der Waals surface area contributed by atoms with E-state index >= 15 is 0 Å². The maximum Gasteiger partial charge on any atom is 0.416 e. The second-order valence-electron chi connectivity index (χ2n) is 8.14. The van der Waals surface area contributed by atoms with Crippen LogP contribution in [-0.2, 0) is 12.7 Å². The van der Waals surface area contributed by atoms with Gasteiger partial charge in [-0.15, -0.1) is 0 Å². The summed E-state index contributed by atoms with van der Waals surface area (Å²) in [5, 5.41) is 3.70. The number of nitrogens with zero attached hydrogens (tertiary/aromatic N) is 1. The van der Waals surface area contributed by atoms with Gasteiger partial charge in [-0.2, -0.15) is 13.2 Å². The van der Waals surface area contributed by atoms with Crippen molar-refractivity contribution in [3.63, 3.8) is 0 Å². The van der Waals surface area contributed by atoms with Crippen molar-refractivity contribution in [2.45, 2.75) is 43.9 Å². The maximum absolute atomic E-state index is 13.2. The molecule has 1 aliphatic carbocycles. The standard InChI is InChI=1S/C23H27F3N2/c24-23(25,26)21-9-5-4-8-19(21)16-28-12-10-17(11-13-28)15-27-22-14-20(22)18-6-2-1-3-7-18/h1-9,17,20,22,27H,10-16H2. The molecule has 150 valence electrons. The molecule has 0 radical (unpaired) electrons. The van der Waals surface area contributed by atoms with Crippen LogP contribution in [0.2, 0.25) is 0 Å². The molecule has 2 aliphatic rings. The van der Waals surface area contributed by atoms with E-state index in [0.29, 0.717) is 30.0 Å². The lowest BCUT2D eigenvalue weighted by Gasteiger charge is -2.32. The molecule has 1 saturated carbocycles. The van der Waals surface area contributed by atoms with Crippen LogP contribution in [-0.4, -0.2) is 30.6 Å². The van der Waals surface area contributed by atoms with Gasteiger partial charge in [-0.05, 0) is 62.0 Å². The lowest BCUT2D eigenvalue weighted by atomic mass is 9.96. The molecule has 1 heterocycles. The second-order valence-corrected chi connectivity index (χ2v) is 8.14. The van der Waals surface area contributed by atoms with Crippen LogP contribution in [0.4, 0.5) is 13.2 Å². The van der Waals surface area contributed by atoms with Gasteiger partial charge < -0.3 is 5.32 Å². The zero-order chi connectivity index (χ0) is 19.6. The van der Waals surface area contributed by atoms with Crippen molar-refractivity contribution in [3.8, 4) is 0 Å². The fourth-order valence-electron chi connectivity index (χ4n) is 4.33. The third-order valence-corrected chi connectivity index (χ3v) is 6.11. The van der Waals surface area contributed by atoms with Crippen LogP contribution in [0, 0.1) is 5.92 Å². The minimum Gasteiger partial charge on any atom is -0.313 e. The number of hydrogen-bond donors (Lipinski definition) is 1. The van der Waals surface area contributed by atoms with Crippen molar-refractivity contribution in [1.82, 2.24) is 10.2 Å². The minimum absolute atomic E-state index is 0.383. The second kappa shape index (κ2) is 8.26. The number of rotatable bonds is 6. The summed E-state index contributed by atoms with van der Waals surface area (Å²) >= 11 is 0. The summed E-state index contributed by atoms with van der Waals surface area (Å²) in [5.74, 6) is 1.26. The van der Waals surface area contributed by atoms with Crippen LogP contribution in [0.5, 0.6) is 0 Å². The lowest BCUT2D eigenvalue weighted by molar-refractivity contribution is -0.138. The Balaban J connectivity index is 1.22. The van der Waals surface area contributed by atoms with Crippen LogP contribution >= 0.6 is 0 Å². The van der Waals surface area contributed by atoms with Crippen LogP contribution in [0.15, 0.2) is 54.6 Å². The molecule has 1 aliphatic heterocycles. The fourth-order valence-corrected chi connectivity index (χ4v) is 4.33. The highest BCUT2D eigenvalue weighted by molar-refractivity contribution is 5.30. The Morgan fingerprint density at radius 2 is 1.61 bits per heavy atom. The molecule has 1 saturated heterocycles. The van der Waals surface area contributed by atoms with Crippen LogP contribution in [0.3, 0.4) is 0 Å². The topological polar surface area (TPSA) is 15.3 Å². The van der Waals surface area contributed by atoms with E-state index in [-0.39, 0.29) is 0 Å². The number of piperidine rings is 1. The monoisotopic (exact) mass is 388 g/mol. The third-order valence-electron chi connectivity index (χ3n) is 6.11. The zero-order valence-corrected chi connectivity index (χ0v) is 16.0. The average molecular weight is 388 g/mol. The molecule has 1 N–H and O–H groups in total. The van der Waals surface area contributed by atoms with Crippen molar-refractivity contribution in [1.29, 1.82) is 0 Å². The van der Waals surface area contributed by atoms with E-state index in [1.807, 2.05) is 0 Å². The normalized spacial score (nSPS) is 23.7. The zero-order valence-electron chi connectivity index (χ0n) is 16.0. The van der Waals surface area contributed by atoms with E-state index in [1.54, 1.807) is 12.1 Å². The number of hydrogen-bond acceptors (Lipinski definition) is 2. The molecular weight excluding hydrogens is 361 g/mol. The van der Waals surface area contributed by atoms with Crippen LogP contribution in [0.25, 0.3) is 0 Å². The smallest absolute Gasteiger partial charge is 0.313 e. The Bertz CT molecular complexity index is 767. The van der Waals surface area contributed by atoms with E-state index < -0.39 is 11.7 Å². The first-order valence-corrected chi connectivity index (χ1v) is 10.2. The van der Waals surface area contributed by atoms with Crippen molar-refractivity contribution < 1.29 is 13.2 Å². The molecule has 4 rings (SSSR count). The quantitative estimate of drug-likeness (QED) is 0.744. The van der Waals surface area contributed by atoms with Gasteiger partial charge in [-0.25, -0.2) is 0 Å². The first-order valence-electron chi connectivity index (χ1n) is 10.2. The summed E-state index contributed by atoms with van der Waals surface area (Å²) < 4.78 is 39.5. The number of nitrogens with one attached hydrogen (secondary N) is 1. The molecule has 28 heavy (non-hydrogen) atoms. The van der Waals surface area contributed by atoms with Gasteiger partial charge in [0.05, 0.1) is 5.56 Å². The van der Waals surface area contributed by atoms with Gasteiger partial charge in [0, 0.05) is 18.5 Å². The van der Waals surface area contributed by atoms with E-state index in [1.165, 1.54) is 24.1 Å². The highest BCUT2D eigenvalue weighted by Crippen LogP contribution is 2.40. The van der Waals surface area contributed by atoms with Crippen molar-refractivity contribution >= 4 is 0 Å². The van der Waals surface area contributed by atoms with E-state index in [2.05, 4.69) is 40.5 Å².